The van der Waals surface area contributed by atoms with Crippen molar-refractivity contribution in [3.8, 4) is 0 Å². The maximum Gasteiger partial charge on any atom is 0.193 e. The number of guanidine groups is 1. The van der Waals surface area contributed by atoms with Crippen LogP contribution in [-0.4, -0.2) is 43.1 Å². The monoisotopic (exact) mass is 284 g/mol. The van der Waals surface area contributed by atoms with E-state index in [1.807, 2.05) is 20.9 Å². The van der Waals surface area contributed by atoms with Crippen LogP contribution in [0, 0.1) is 0 Å². The first kappa shape index (κ1) is 15.9. The summed E-state index contributed by atoms with van der Waals surface area (Å²) in [7, 11) is 3.73. The second kappa shape index (κ2) is 8.12. The van der Waals surface area contributed by atoms with Gasteiger partial charge in [0.05, 0.1) is 12.2 Å². The Morgan fingerprint density at radius 3 is 2.89 bits per heavy atom. The molecule has 0 aliphatic heterocycles. The molecule has 0 fully saturated rings. The Kier molecular flexibility index (Phi) is 6.80. The van der Waals surface area contributed by atoms with Gasteiger partial charge in [-0.3, -0.25) is 4.99 Å². The van der Waals surface area contributed by atoms with E-state index >= 15 is 0 Å². The van der Waals surface area contributed by atoms with Gasteiger partial charge in [0.25, 0.3) is 0 Å². The number of thiazole rings is 1. The molecule has 0 amide bonds. The molecule has 1 heterocycles. The van der Waals surface area contributed by atoms with Gasteiger partial charge in [-0.1, -0.05) is 0 Å². The fourth-order valence-electron chi connectivity index (χ4n) is 1.62. The van der Waals surface area contributed by atoms with E-state index in [0.29, 0.717) is 0 Å². The van der Waals surface area contributed by atoms with E-state index in [1.54, 1.807) is 18.4 Å². The van der Waals surface area contributed by atoms with E-state index in [0.717, 1.165) is 36.3 Å². The van der Waals surface area contributed by atoms with Crippen LogP contribution < -0.4 is 5.32 Å². The number of aromatic nitrogens is 1. The maximum atomic E-state index is 5.28. The highest BCUT2D eigenvalue weighted by Crippen LogP contribution is 2.20. The van der Waals surface area contributed by atoms with Crippen molar-refractivity contribution >= 4 is 17.3 Å². The van der Waals surface area contributed by atoms with Gasteiger partial charge in [-0.05, 0) is 20.8 Å². The van der Waals surface area contributed by atoms with Crippen LogP contribution in [0.3, 0.4) is 0 Å². The maximum absolute atomic E-state index is 5.28. The van der Waals surface area contributed by atoms with Gasteiger partial charge >= 0.3 is 0 Å². The van der Waals surface area contributed by atoms with Gasteiger partial charge in [-0.25, -0.2) is 4.98 Å². The summed E-state index contributed by atoms with van der Waals surface area (Å²) >= 11 is 1.64. The number of nitrogens with one attached hydrogen (secondary N) is 1. The number of hydrogen-bond acceptors (Lipinski definition) is 4. The Morgan fingerprint density at radius 1 is 1.58 bits per heavy atom. The third-order valence-corrected chi connectivity index (χ3v) is 3.73. The minimum absolute atomic E-state index is 0.0570. The number of methoxy groups -OCH3 is 1. The summed E-state index contributed by atoms with van der Waals surface area (Å²) in [6.07, 6.45) is 0.0570. The average Bonchev–Trinajstić information content (AvgIpc) is 2.86. The second-order valence-electron chi connectivity index (χ2n) is 4.24. The first-order chi connectivity index (χ1) is 9.12. The fourth-order valence-corrected chi connectivity index (χ4v) is 2.46. The van der Waals surface area contributed by atoms with Crippen LogP contribution in [0.15, 0.2) is 10.4 Å². The minimum atomic E-state index is 0.0570. The summed E-state index contributed by atoms with van der Waals surface area (Å²) in [5.41, 5.74) is 1.05. The highest BCUT2D eigenvalue weighted by Gasteiger charge is 2.12. The Balaban J connectivity index is 2.67. The Morgan fingerprint density at radius 2 is 2.32 bits per heavy atom. The molecule has 108 valence electrons. The molecule has 0 bridgehead atoms. The zero-order valence-corrected chi connectivity index (χ0v) is 13.3. The summed E-state index contributed by atoms with van der Waals surface area (Å²) in [5.74, 6) is 0.916. The van der Waals surface area contributed by atoms with Crippen molar-refractivity contribution in [3.63, 3.8) is 0 Å². The molecular formula is C13H24N4OS. The number of rotatable bonds is 6. The lowest BCUT2D eigenvalue weighted by atomic mass is 10.4. The summed E-state index contributed by atoms with van der Waals surface area (Å²) in [5, 5.41) is 6.37. The van der Waals surface area contributed by atoms with Crippen LogP contribution >= 0.6 is 11.3 Å². The Labute approximate surface area is 119 Å². The van der Waals surface area contributed by atoms with Crippen molar-refractivity contribution in [3.05, 3.63) is 16.1 Å². The minimum Gasteiger partial charge on any atom is -0.375 e. The molecule has 0 saturated heterocycles. The molecule has 5 nitrogen and oxygen atoms in total. The van der Waals surface area contributed by atoms with E-state index in [1.165, 1.54) is 0 Å². The predicted molar refractivity (Wildman–Crippen MR) is 80.7 cm³/mol. The van der Waals surface area contributed by atoms with Crippen molar-refractivity contribution in [2.75, 3.05) is 27.2 Å². The lowest BCUT2D eigenvalue weighted by Crippen LogP contribution is -2.38. The Hall–Kier alpha value is -1.14. The van der Waals surface area contributed by atoms with E-state index in [-0.39, 0.29) is 6.10 Å². The number of hydrogen-bond donors (Lipinski definition) is 1. The molecule has 0 aliphatic rings. The highest BCUT2D eigenvalue weighted by molar-refractivity contribution is 7.09. The van der Waals surface area contributed by atoms with Crippen molar-refractivity contribution in [2.45, 2.75) is 33.4 Å². The van der Waals surface area contributed by atoms with E-state index < -0.39 is 0 Å². The van der Waals surface area contributed by atoms with Gasteiger partial charge in [-0.15, -0.1) is 11.3 Å². The van der Waals surface area contributed by atoms with Gasteiger partial charge in [0.2, 0.25) is 0 Å². The lowest BCUT2D eigenvalue weighted by Gasteiger charge is -2.20. The third-order valence-electron chi connectivity index (χ3n) is 2.67. The van der Waals surface area contributed by atoms with Crippen LogP contribution in [0.2, 0.25) is 0 Å². The van der Waals surface area contributed by atoms with Crippen LogP contribution in [0.5, 0.6) is 0 Å². The summed E-state index contributed by atoms with van der Waals surface area (Å²) in [6.45, 7) is 8.50. The van der Waals surface area contributed by atoms with E-state index in [9.17, 15) is 0 Å². The van der Waals surface area contributed by atoms with Gasteiger partial charge < -0.3 is 15.0 Å². The van der Waals surface area contributed by atoms with Gasteiger partial charge in [-0.2, -0.15) is 0 Å². The normalized spacial score (nSPS) is 13.4. The molecule has 0 spiro atoms. The van der Waals surface area contributed by atoms with Crippen molar-refractivity contribution < 1.29 is 4.74 Å². The van der Waals surface area contributed by atoms with Gasteiger partial charge in [0.1, 0.15) is 11.1 Å². The highest BCUT2D eigenvalue weighted by atomic mass is 32.1. The molecule has 1 aromatic rings. The van der Waals surface area contributed by atoms with Gasteiger partial charge in [0.15, 0.2) is 5.96 Å². The molecule has 0 saturated carbocycles. The zero-order valence-electron chi connectivity index (χ0n) is 12.4. The van der Waals surface area contributed by atoms with Crippen molar-refractivity contribution in [1.82, 2.24) is 15.2 Å². The van der Waals surface area contributed by atoms with Crippen molar-refractivity contribution in [1.29, 1.82) is 0 Å². The van der Waals surface area contributed by atoms with Crippen LogP contribution in [0.25, 0.3) is 0 Å². The Bertz CT molecular complexity index is 405. The van der Waals surface area contributed by atoms with Crippen LogP contribution in [-0.2, 0) is 11.3 Å². The molecule has 0 aromatic carbocycles. The molecular weight excluding hydrogens is 260 g/mol. The molecule has 19 heavy (non-hydrogen) atoms. The first-order valence-electron chi connectivity index (χ1n) is 6.58. The summed E-state index contributed by atoms with van der Waals surface area (Å²) in [4.78, 5) is 11.1. The fraction of sp³-hybridized carbons (Fsp3) is 0.692. The quantitative estimate of drug-likeness (QED) is 0.643. The molecule has 1 atom stereocenters. The topological polar surface area (TPSA) is 49.8 Å². The number of aliphatic imine (C=N–C) groups is 1. The molecule has 0 radical (unpaired) electrons. The SMILES string of the molecule is CCN=C(NCC)N(C)Cc1csc(C(C)OC)n1. The molecule has 1 unspecified atom stereocenters. The van der Waals surface area contributed by atoms with E-state index in [2.05, 4.69) is 32.5 Å². The number of ether oxygens (including phenoxy) is 1. The smallest absolute Gasteiger partial charge is 0.193 e. The average molecular weight is 284 g/mol. The lowest BCUT2D eigenvalue weighted by molar-refractivity contribution is 0.119. The van der Waals surface area contributed by atoms with Gasteiger partial charge in [0, 0.05) is 32.6 Å². The third kappa shape index (κ3) is 4.80. The predicted octanol–water partition coefficient (Wildman–Crippen LogP) is 2.27. The molecule has 1 rings (SSSR count). The summed E-state index contributed by atoms with van der Waals surface area (Å²) < 4.78 is 5.28. The van der Waals surface area contributed by atoms with E-state index in [4.69, 9.17) is 4.74 Å². The molecule has 1 N–H and O–H groups in total. The zero-order chi connectivity index (χ0) is 14.3. The molecule has 0 aliphatic carbocycles. The molecule has 1 aromatic heterocycles. The van der Waals surface area contributed by atoms with Crippen LogP contribution in [0.4, 0.5) is 0 Å². The van der Waals surface area contributed by atoms with Crippen molar-refractivity contribution in [2.24, 2.45) is 4.99 Å². The second-order valence-corrected chi connectivity index (χ2v) is 5.13. The summed E-state index contributed by atoms with van der Waals surface area (Å²) in [6, 6.07) is 0. The standard InChI is InChI=1S/C13H24N4OS/c1-6-14-13(15-7-2)17(4)8-11-9-19-12(16-11)10(3)18-5/h9-10H,6-8H2,1-5H3,(H,14,15). The van der Waals surface area contributed by atoms with Crippen LogP contribution in [0.1, 0.15) is 37.6 Å². The number of nitrogens with zero attached hydrogens (tertiary/aromatic N) is 3. The molecule has 6 heteroatoms. The largest absolute Gasteiger partial charge is 0.375 e. The first-order valence-corrected chi connectivity index (χ1v) is 7.46.